The highest BCUT2D eigenvalue weighted by Crippen LogP contribution is 2.46. The number of rotatable bonds is 3. The summed E-state index contributed by atoms with van der Waals surface area (Å²) in [4.78, 5) is 16.7. The van der Waals surface area contributed by atoms with Crippen LogP contribution in [0.2, 0.25) is 0 Å². The van der Waals surface area contributed by atoms with Gasteiger partial charge in [-0.3, -0.25) is 9.69 Å². The Morgan fingerprint density at radius 1 is 1.27 bits per heavy atom. The van der Waals surface area contributed by atoms with Gasteiger partial charge < -0.3 is 14.4 Å². The minimum Gasteiger partial charge on any atom is -0.487 e. The number of amides is 1. The first-order valence-corrected chi connectivity index (χ1v) is 9.86. The van der Waals surface area contributed by atoms with E-state index in [1.165, 1.54) is 5.56 Å². The molecule has 5 nitrogen and oxygen atoms in total. The fraction of sp³-hybridized carbons (Fsp3) is 0.667. The minimum atomic E-state index is -0.123. The lowest BCUT2D eigenvalue weighted by atomic mass is 9.76. The van der Waals surface area contributed by atoms with Crippen molar-refractivity contribution in [2.75, 3.05) is 40.4 Å². The molecule has 0 aliphatic carbocycles. The number of hydrogen-bond acceptors (Lipinski definition) is 4. The summed E-state index contributed by atoms with van der Waals surface area (Å²) in [7, 11) is 3.68. The number of carbonyl (C=O) groups excluding carboxylic acids is 1. The molecule has 1 aromatic rings. The second kappa shape index (κ2) is 7.20. The van der Waals surface area contributed by atoms with Crippen LogP contribution in [0, 0.1) is 0 Å². The summed E-state index contributed by atoms with van der Waals surface area (Å²) in [5.74, 6) is 1.42. The Kier molecular flexibility index (Phi) is 4.93. The van der Waals surface area contributed by atoms with Gasteiger partial charge in [-0.25, -0.2) is 0 Å². The van der Waals surface area contributed by atoms with Crippen LogP contribution >= 0.6 is 0 Å². The predicted molar refractivity (Wildman–Crippen MR) is 101 cm³/mol. The van der Waals surface area contributed by atoms with Crippen LogP contribution in [0.5, 0.6) is 5.75 Å². The Hall–Kier alpha value is -1.59. The smallest absolute Gasteiger partial charge is 0.222 e. The van der Waals surface area contributed by atoms with Crippen LogP contribution in [0.25, 0.3) is 0 Å². The van der Waals surface area contributed by atoms with E-state index in [9.17, 15) is 4.79 Å². The molecule has 0 saturated carbocycles. The monoisotopic (exact) mass is 358 g/mol. The number of para-hydroxylation sites is 1. The van der Waals surface area contributed by atoms with E-state index in [1.54, 1.807) is 4.90 Å². The van der Waals surface area contributed by atoms with Crippen LogP contribution in [0.3, 0.4) is 0 Å². The molecule has 3 heterocycles. The number of carbonyl (C=O) groups is 1. The van der Waals surface area contributed by atoms with Gasteiger partial charge in [0.05, 0.1) is 6.61 Å². The number of hydrogen-bond donors (Lipinski definition) is 0. The number of fused-ring (bicyclic) bond motifs is 1. The van der Waals surface area contributed by atoms with Gasteiger partial charge in [0.2, 0.25) is 5.91 Å². The highest BCUT2D eigenvalue weighted by Gasteiger charge is 2.44. The third-order valence-corrected chi connectivity index (χ3v) is 6.35. The van der Waals surface area contributed by atoms with Crippen molar-refractivity contribution >= 4 is 5.91 Å². The van der Waals surface area contributed by atoms with E-state index in [0.717, 1.165) is 57.7 Å². The maximum absolute atomic E-state index is 12.4. The first kappa shape index (κ1) is 17.8. The van der Waals surface area contributed by atoms with Crippen molar-refractivity contribution in [3.63, 3.8) is 0 Å². The highest BCUT2D eigenvalue weighted by molar-refractivity contribution is 5.76. The molecule has 1 aromatic carbocycles. The van der Waals surface area contributed by atoms with Crippen LogP contribution < -0.4 is 4.74 Å². The van der Waals surface area contributed by atoms with E-state index < -0.39 is 0 Å². The Balaban J connectivity index is 1.50. The lowest BCUT2D eigenvalue weighted by Crippen LogP contribution is -2.53. The van der Waals surface area contributed by atoms with E-state index in [1.807, 2.05) is 20.2 Å². The van der Waals surface area contributed by atoms with Gasteiger partial charge in [0.15, 0.2) is 0 Å². The number of nitrogens with zero attached hydrogens (tertiary/aromatic N) is 2. The van der Waals surface area contributed by atoms with Gasteiger partial charge in [0.25, 0.3) is 0 Å². The summed E-state index contributed by atoms with van der Waals surface area (Å²) >= 11 is 0. The van der Waals surface area contributed by atoms with E-state index in [4.69, 9.17) is 9.47 Å². The molecule has 3 aliphatic heterocycles. The molecule has 142 valence electrons. The maximum Gasteiger partial charge on any atom is 0.222 e. The Bertz CT molecular complexity index is 646. The topological polar surface area (TPSA) is 42.0 Å². The average Bonchev–Trinajstić information content (AvgIpc) is 3.17. The zero-order valence-electron chi connectivity index (χ0n) is 15.9. The summed E-state index contributed by atoms with van der Waals surface area (Å²) < 4.78 is 12.1. The van der Waals surface area contributed by atoms with Crippen molar-refractivity contribution in [3.05, 3.63) is 29.8 Å². The Labute approximate surface area is 156 Å². The third-order valence-electron chi connectivity index (χ3n) is 6.35. The molecule has 0 radical (unpaired) electrons. The van der Waals surface area contributed by atoms with Crippen molar-refractivity contribution in [2.24, 2.45) is 0 Å². The first-order chi connectivity index (χ1) is 12.6. The standard InChI is InChI=1S/C21H30N2O3/c1-22(2)20(24)13-16-14-21(26-19-6-4-3-5-18(16)19)8-10-23(11-9-21)17-7-12-25-15-17/h3-6,16-17H,7-15H2,1-2H3/t16-,17-/m1/s1. The largest absolute Gasteiger partial charge is 0.487 e. The lowest BCUT2D eigenvalue weighted by molar-refractivity contribution is -0.129. The molecule has 2 atom stereocenters. The zero-order valence-corrected chi connectivity index (χ0v) is 15.9. The molecular weight excluding hydrogens is 328 g/mol. The molecule has 0 N–H and O–H groups in total. The van der Waals surface area contributed by atoms with E-state index >= 15 is 0 Å². The third kappa shape index (κ3) is 3.47. The molecule has 4 rings (SSSR count). The second-order valence-electron chi connectivity index (χ2n) is 8.27. The van der Waals surface area contributed by atoms with E-state index in [2.05, 4.69) is 23.1 Å². The highest BCUT2D eigenvalue weighted by atomic mass is 16.5. The molecule has 1 spiro atoms. The molecule has 3 aliphatic rings. The number of ether oxygens (including phenoxy) is 2. The average molecular weight is 358 g/mol. The van der Waals surface area contributed by atoms with Gasteiger partial charge in [-0.1, -0.05) is 18.2 Å². The molecule has 1 amide bonds. The summed E-state index contributed by atoms with van der Waals surface area (Å²) in [6.45, 7) is 3.89. The van der Waals surface area contributed by atoms with Crippen molar-refractivity contribution in [2.45, 2.75) is 49.7 Å². The number of benzene rings is 1. The molecule has 0 unspecified atom stereocenters. The fourth-order valence-corrected chi connectivity index (χ4v) is 4.73. The summed E-state index contributed by atoms with van der Waals surface area (Å²) in [6, 6.07) is 8.86. The maximum atomic E-state index is 12.4. The Morgan fingerprint density at radius 3 is 2.73 bits per heavy atom. The molecule has 2 saturated heterocycles. The number of piperidine rings is 1. The van der Waals surface area contributed by atoms with Gasteiger partial charge in [0, 0.05) is 52.2 Å². The first-order valence-electron chi connectivity index (χ1n) is 9.86. The van der Waals surface area contributed by atoms with Crippen LogP contribution in [0.15, 0.2) is 24.3 Å². The molecule has 0 aromatic heterocycles. The van der Waals surface area contributed by atoms with Gasteiger partial charge in [-0.2, -0.15) is 0 Å². The van der Waals surface area contributed by atoms with Crippen LogP contribution in [0.4, 0.5) is 0 Å². The van der Waals surface area contributed by atoms with Gasteiger partial charge >= 0.3 is 0 Å². The van der Waals surface area contributed by atoms with Crippen LogP contribution in [-0.4, -0.2) is 67.7 Å². The van der Waals surface area contributed by atoms with Crippen molar-refractivity contribution in [3.8, 4) is 5.75 Å². The normalized spacial score (nSPS) is 27.8. The quantitative estimate of drug-likeness (QED) is 0.833. The number of likely N-dealkylation sites (tertiary alicyclic amines) is 1. The van der Waals surface area contributed by atoms with Crippen LogP contribution in [-0.2, 0) is 9.53 Å². The van der Waals surface area contributed by atoms with E-state index in [0.29, 0.717) is 12.5 Å². The summed E-state index contributed by atoms with van der Waals surface area (Å²) in [5, 5.41) is 0. The SMILES string of the molecule is CN(C)C(=O)C[C@@H]1CC2(CCN([C@@H]3CCOC3)CC2)Oc2ccccc21. The second-order valence-corrected chi connectivity index (χ2v) is 8.27. The molecule has 5 heteroatoms. The van der Waals surface area contributed by atoms with Gasteiger partial charge in [-0.15, -0.1) is 0 Å². The van der Waals surface area contributed by atoms with Crippen molar-refractivity contribution in [1.82, 2.24) is 9.80 Å². The summed E-state index contributed by atoms with van der Waals surface area (Å²) in [6.07, 6.45) is 4.72. The molecule has 0 bridgehead atoms. The minimum absolute atomic E-state index is 0.123. The molecule has 2 fully saturated rings. The van der Waals surface area contributed by atoms with Crippen LogP contribution in [0.1, 0.15) is 43.6 Å². The predicted octanol–water partition coefficient (Wildman–Crippen LogP) is 2.65. The van der Waals surface area contributed by atoms with Crippen molar-refractivity contribution < 1.29 is 14.3 Å². The molecular formula is C21H30N2O3. The van der Waals surface area contributed by atoms with Crippen molar-refractivity contribution in [1.29, 1.82) is 0 Å². The zero-order chi connectivity index (χ0) is 18.1. The van der Waals surface area contributed by atoms with Gasteiger partial charge in [0.1, 0.15) is 11.4 Å². The Morgan fingerprint density at radius 2 is 2.04 bits per heavy atom. The lowest BCUT2D eigenvalue weighted by Gasteiger charge is -2.48. The summed E-state index contributed by atoms with van der Waals surface area (Å²) in [5.41, 5.74) is 1.07. The molecule has 26 heavy (non-hydrogen) atoms. The van der Waals surface area contributed by atoms with E-state index in [-0.39, 0.29) is 17.4 Å². The fourth-order valence-electron chi connectivity index (χ4n) is 4.73. The van der Waals surface area contributed by atoms with Gasteiger partial charge in [-0.05, 0) is 37.3 Å².